The SMILES string of the molecule is CCOC(=O)c1sc2nc(/C=C/c3cc(Br)ccc3OC)[nH]c(=O)c2c1C. The molecule has 0 amide bonds. The first-order chi connectivity index (χ1) is 12.9. The molecule has 0 radical (unpaired) electrons. The minimum atomic E-state index is -0.437. The van der Waals surface area contributed by atoms with Crippen LogP contribution in [0.5, 0.6) is 5.75 Å². The van der Waals surface area contributed by atoms with Crippen molar-refractivity contribution in [1.29, 1.82) is 0 Å². The van der Waals surface area contributed by atoms with Gasteiger partial charge in [0.2, 0.25) is 0 Å². The molecule has 1 N–H and O–H groups in total. The van der Waals surface area contributed by atoms with Crippen LogP contribution in [0.25, 0.3) is 22.4 Å². The highest BCUT2D eigenvalue weighted by Gasteiger charge is 2.19. The maximum Gasteiger partial charge on any atom is 0.348 e. The molecule has 0 saturated carbocycles. The molecule has 8 heteroatoms. The minimum Gasteiger partial charge on any atom is -0.496 e. The quantitative estimate of drug-likeness (QED) is 0.584. The van der Waals surface area contributed by atoms with Gasteiger partial charge in [0.05, 0.1) is 19.1 Å². The lowest BCUT2D eigenvalue weighted by molar-refractivity contribution is 0.0531. The molecule has 0 bridgehead atoms. The third-order valence-corrected chi connectivity index (χ3v) is 5.55. The van der Waals surface area contributed by atoms with Crippen LogP contribution in [0.3, 0.4) is 0 Å². The molecule has 0 aliphatic heterocycles. The maximum atomic E-state index is 12.5. The molecular formula is C19H17BrN2O4S. The Morgan fingerprint density at radius 1 is 1.37 bits per heavy atom. The topological polar surface area (TPSA) is 81.3 Å². The van der Waals surface area contributed by atoms with E-state index in [1.807, 2.05) is 18.2 Å². The zero-order chi connectivity index (χ0) is 19.6. The molecule has 0 spiro atoms. The number of benzene rings is 1. The van der Waals surface area contributed by atoms with E-state index < -0.39 is 5.97 Å². The zero-order valence-electron chi connectivity index (χ0n) is 15.0. The van der Waals surface area contributed by atoms with Crippen molar-refractivity contribution >= 4 is 55.6 Å². The number of H-pyrrole nitrogens is 1. The van der Waals surface area contributed by atoms with Gasteiger partial charge in [-0.05, 0) is 49.8 Å². The summed E-state index contributed by atoms with van der Waals surface area (Å²) >= 11 is 4.59. The fourth-order valence-corrected chi connectivity index (χ4v) is 4.10. The average molecular weight is 449 g/mol. The molecule has 0 aliphatic carbocycles. The smallest absolute Gasteiger partial charge is 0.348 e. The summed E-state index contributed by atoms with van der Waals surface area (Å²) in [6.07, 6.45) is 3.50. The predicted molar refractivity (Wildman–Crippen MR) is 111 cm³/mol. The highest BCUT2D eigenvalue weighted by atomic mass is 79.9. The molecule has 27 heavy (non-hydrogen) atoms. The molecular weight excluding hydrogens is 432 g/mol. The highest BCUT2D eigenvalue weighted by molar-refractivity contribution is 9.10. The fourth-order valence-electron chi connectivity index (χ4n) is 2.63. The van der Waals surface area contributed by atoms with Gasteiger partial charge >= 0.3 is 5.97 Å². The second-order valence-electron chi connectivity index (χ2n) is 5.63. The Labute approximate surface area is 168 Å². The van der Waals surface area contributed by atoms with E-state index in [2.05, 4.69) is 25.9 Å². The summed E-state index contributed by atoms with van der Waals surface area (Å²) in [5.41, 5.74) is 1.14. The molecule has 2 heterocycles. The largest absolute Gasteiger partial charge is 0.496 e. The van der Waals surface area contributed by atoms with Gasteiger partial charge in [-0.25, -0.2) is 9.78 Å². The van der Waals surface area contributed by atoms with Gasteiger partial charge in [0.1, 0.15) is 21.3 Å². The number of aromatic nitrogens is 2. The van der Waals surface area contributed by atoms with Crippen LogP contribution in [0.1, 0.15) is 33.5 Å². The van der Waals surface area contributed by atoms with Crippen molar-refractivity contribution in [2.24, 2.45) is 0 Å². The molecule has 3 aromatic rings. The Morgan fingerprint density at radius 3 is 2.85 bits per heavy atom. The van der Waals surface area contributed by atoms with Gasteiger partial charge in [-0.15, -0.1) is 11.3 Å². The Bertz CT molecular complexity index is 1100. The lowest BCUT2D eigenvalue weighted by Gasteiger charge is -2.04. The number of methoxy groups -OCH3 is 1. The van der Waals surface area contributed by atoms with E-state index >= 15 is 0 Å². The number of halogens is 1. The number of aromatic amines is 1. The molecule has 140 valence electrons. The second-order valence-corrected chi connectivity index (χ2v) is 7.54. The Kier molecular flexibility index (Phi) is 5.76. The van der Waals surface area contributed by atoms with Crippen LogP contribution >= 0.6 is 27.3 Å². The van der Waals surface area contributed by atoms with Crippen molar-refractivity contribution in [3.8, 4) is 5.75 Å². The van der Waals surface area contributed by atoms with Gasteiger partial charge in [-0.3, -0.25) is 4.79 Å². The number of aryl methyl sites for hydroxylation is 1. The highest BCUT2D eigenvalue weighted by Crippen LogP contribution is 2.28. The molecule has 6 nitrogen and oxygen atoms in total. The third kappa shape index (κ3) is 3.96. The van der Waals surface area contributed by atoms with Crippen molar-refractivity contribution in [2.75, 3.05) is 13.7 Å². The molecule has 3 rings (SSSR count). The maximum absolute atomic E-state index is 12.5. The molecule has 0 aliphatic rings. The summed E-state index contributed by atoms with van der Waals surface area (Å²) in [6.45, 7) is 3.74. The van der Waals surface area contributed by atoms with E-state index in [0.717, 1.165) is 21.4 Å². The van der Waals surface area contributed by atoms with Gasteiger partial charge in [0.15, 0.2) is 0 Å². The van der Waals surface area contributed by atoms with E-state index in [9.17, 15) is 9.59 Å². The minimum absolute atomic E-state index is 0.277. The van der Waals surface area contributed by atoms with E-state index in [1.54, 1.807) is 33.1 Å². The van der Waals surface area contributed by atoms with Crippen LogP contribution < -0.4 is 10.3 Å². The van der Waals surface area contributed by atoms with E-state index in [1.165, 1.54) is 0 Å². The summed E-state index contributed by atoms with van der Waals surface area (Å²) in [5, 5.41) is 0.417. The lowest BCUT2D eigenvalue weighted by atomic mass is 10.2. The van der Waals surface area contributed by atoms with Gasteiger partial charge in [0, 0.05) is 10.0 Å². The van der Waals surface area contributed by atoms with Crippen LogP contribution in [0, 0.1) is 6.92 Å². The number of carbonyl (C=O) groups is 1. The Morgan fingerprint density at radius 2 is 2.15 bits per heavy atom. The first kappa shape index (κ1) is 19.3. The molecule has 0 fully saturated rings. The Balaban J connectivity index is 2.03. The molecule has 0 saturated heterocycles. The van der Waals surface area contributed by atoms with Gasteiger partial charge in [-0.2, -0.15) is 0 Å². The predicted octanol–water partition coefficient (Wildman–Crippen LogP) is 4.41. The van der Waals surface area contributed by atoms with E-state index in [4.69, 9.17) is 9.47 Å². The van der Waals surface area contributed by atoms with E-state index in [-0.39, 0.29) is 12.2 Å². The first-order valence-corrected chi connectivity index (χ1v) is 9.77. The average Bonchev–Trinajstić information content (AvgIpc) is 2.97. The monoisotopic (exact) mass is 448 g/mol. The van der Waals surface area contributed by atoms with Gasteiger partial charge < -0.3 is 14.5 Å². The summed E-state index contributed by atoms with van der Waals surface area (Å²) < 4.78 is 11.3. The van der Waals surface area contributed by atoms with Gasteiger partial charge in [0.25, 0.3) is 5.56 Å². The van der Waals surface area contributed by atoms with Crippen molar-refractivity contribution in [3.05, 3.63) is 54.9 Å². The lowest BCUT2D eigenvalue weighted by Crippen LogP contribution is -2.10. The Hall–Kier alpha value is -2.45. The number of ether oxygens (including phenoxy) is 2. The normalized spacial score (nSPS) is 11.3. The van der Waals surface area contributed by atoms with Gasteiger partial charge in [-0.1, -0.05) is 15.9 Å². The first-order valence-electron chi connectivity index (χ1n) is 8.16. The van der Waals surface area contributed by atoms with Crippen molar-refractivity contribution < 1.29 is 14.3 Å². The summed E-state index contributed by atoms with van der Waals surface area (Å²) in [6, 6.07) is 5.63. The molecule has 1 aromatic carbocycles. The second kappa shape index (κ2) is 8.06. The van der Waals surface area contributed by atoms with Crippen LogP contribution in [-0.2, 0) is 4.74 Å². The standard InChI is InChI=1S/C19H17BrN2O4S/c1-4-26-19(24)16-10(2)15-17(23)21-14(22-18(15)27-16)8-5-11-9-12(20)6-7-13(11)25-3/h5-9H,4H2,1-3H3,(H,21,22,23)/b8-5+. The molecule has 2 aromatic heterocycles. The third-order valence-electron chi connectivity index (χ3n) is 3.89. The molecule has 0 atom stereocenters. The van der Waals surface area contributed by atoms with Crippen LogP contribution in [0.2, 0.25) is 0 Å². The number of fused-ring (bicyclic) bond motifs is 1. The number of hydrogen-bond donors (Lipinski definition) is 1. The van der Waals surface area contributed by atoms with E-state index in [0.29, 0.717) is 32.2 Å². The molecule has 0 unspecified atom stereocenters. The number of nitrogens with zero attached hydrogens (tertiary/aromatic N) is 1. The van der Waals surface area contributed by atoms with Crippen molar-refractivity contribution in [1.82, 2.24) is 9.97 Å². The number of thiophene rings is 1. The number of rotatable bonds is 5. The van der Waals surface area contributed by atoms with Crippen molar-refractivity contribution in [3.63, 3.8) is 0 Å². The number of esters is 1. The number of nitrogens with one attached hydrogen (secondary N) is 1. The fraction of sp³-hybridized carbons (Fsp3) is 0.211. The van der Waals surface area contributed by atoms with Crippen LogP contribution in [0.15, 0.2) is 27.5 Å². The van der Waals surface area contributed by atoms with Crippen LogP contribution in [0.4, 0.5) is 0 Å². The summed E-state index contributed by atoms with van der Waals surface area (Å²) in [7, 11) is 1.60. The summed E-state index contributed by atoms with van der Waals surface area (Å²) in [4.78, 5) is 32.7. The number of carbonyl (C=O) groups excluding carboxylic acids is 1. The zero-order valence-corrected chi connectivity index (χ0v) is 17.4. The summed E-state index contributed by atoms with van der Waals surface area (Å²) in [5.74, 6) is 0.661. The van der Waals surface area contributed by atoms with Crippen LogP contribution in [-0.4, -0.2) is 29.7 Å². The number of hydrogen-bond acceptors (Lipinski definition) is 6. The van der Waals surface area contributed by atoms with Crippen molar-refractivity contribution in [2.45, 2.75) is 13.8 Å².